The van der Waals surface area contributed by atoms with Crippen LogP contribution in [0.3, 0.4) is 0 Å². The number of urea groups is 1. The van der Waals surface area contributed by atoms with E-state index in [-0.39, 0.29) is 49.4 Å². The number of benzene rings is 1. The summed E-state index contributed by atoms with van der Waals surface area (Å²) in [7, 11) is 0. The number of nitrogens with one attached hydrogen (secondary N) is 2. The van der Waals surface area contributed by atoms with Gasteiger partial charge in [-0.05, 0) is 31.2 Å². The Morgan fingerprint density at radius 3 is 2.74 bits per heavy atom. The van der Waals surface area contributed by atoms with Crippen molar-refractivity contribution in [1.82, 2.24) is 20.4 Å². The lowest BCUT2D eigenvalue weighted by Gasteiger charge is -2.44. The maximum absolute atomic E-state index is 12.8. The Morgan fingerprint density at radius 1 is 1.11 bits per heavy atom. The molecule has 1 aromatic rings. The number of fused-ring (bicyclic) bond motifs is 1. The topological polar surface area (TPSA) is 103 Å². The number of carbonyl (C=O) groups excluding carboxylic acids is 2. The quantitative estimate of drug-likeness (QED) is 0.538. The van der Waals surface area contributed by atoms with Crippen molar-refractivity contribution in [3.63, 3.8) is 0 Å². The summed E-state index contributed by atoms with van der Waals surface area (Å²) < 4.78 is 11.9. The van der Waals surface area contributed by atoms with Crippen molar-refractivity contribution in [1.29, 1.82) is 0 Å². The molecule has 3 saturated heterocycles. The number of rotatable bonds is 7. The highest BCUT2D eigenvalue weighted by Crippen LogP contribution is 2.28. The Morgan fingerprint density at radius 2 is 1.94 bits per heavy atom. The molecule has 0 bridgehead atoms. The van der Waals surface area contributed by atoms with Crippen molar-refractivity contribution in [3.05, 3.63) is 35.9 Å². The van der Waals surface area contributed by atoms with Crippen LogP contribution in [0.15, 0.2) is 30.3 Å². The minimum Gasteiger partial charge on any atom is -0.389 e. The standard InChI is InChI=1S/C26H40N4O5/c1-2-11-27-26(33)30-16-21(31)17-34-18-24-23(30)9-8-22(35-24)13-25(32)28-20-10-12-29(15-20)14-19-6-4-3-5-7-19/h3-7,20-24,31H,2,8-18H2,1H3,(H,27,33)(H,28,32)/t20-,21-,22-,23+,24-/m1/s1. The number of likely N-dealkylation sites (tertiary alicyclic amines) is 1. The number of aliphatic hydroxyl groups excluding tert-OH is 1. The fourth-order valence-electron chi connectivity index (χ4n) is 5.34. The SMILES string of the molecule is CCCNC(=O)N1C[C@@H](O)COC[C@H]2O[C@@H](CC(=O)N[C@@H]3CCN(Cc4ccccc4)C3)CC[C@@H]21. The first-order chi connectivity index (χ1) is 17.0. The molecule has 3 amide bonds. The number of hydrogen-bond donors (Lipinski definition) is 3. The van der Waals surface area contributed by atoms with Crippen LogP contribution in [-0.2, 0) is 20.8 Å². The second-order valence-electron chi connectivity index (χ2n) is 9.99. The number of ether oxygens (including phenoxy) is 2. The summed E-state index contributed by atoms with van der Waals surface area (Å²) in [6.45, 7) is 6.01. The minimum absolute atomic E-state index is 0.0136. The van der Waals surface area contributed by atoms with Crippen LogP contribution < -0.4 is 10.6 Å². The third-order valence-electron chi connectivity index (χ3n) is 7.07. The molecule has 194 valence electrons. The smallest absolute Gasteiger partial charge is 0.317 e. The number of amides is 3. The summed E-state index contributed by atoms with van der Waals surface area (Å²) in [6.07, 6.45) is 2.27. The zero-order valence-electron chi connectivity index (χ0n) is 20.7. The lowest BCUT2D eigenvalue weighted by atomic mass is 9.95. The second kappa shape index (κ2) is 12.7. The molecule has 5 atom stereocenters. The van der Waals surface area contributed by atoms with Gasteiger partial charge in [-0.3, -0.25) is 9.69 Å². The Hall–Kier alpha value is -2.20. The van der Waals surface area contributed by atoms with E-state index in [1.54, 1.807) is 4.90 Å². The average molecular weight is 489 g/mol. The van der Waals surface area contributed by atoms with Gasteiger partial charge in [0.25, 0.3) is 0 Å². The molecule has 35 heavy (non-hydrogen) atoms. The van der Waals surface area contributed by atoms with Crippen LogP contribution in [0.1, 0.15) is 44.6 Å². The molecule has 9 heteroatoms. The van der Waals surface area contributed by atoms with Gasteiger partial charge in [0, 0.05) is 32.2 Å². The van der Waals surface area contributed by atoms with Gasteiger partial charge < -0.3 is 30.1 Å². The van der Waals surface area contributed by atoms with Crippen molar-refractivity contribution >= 4 is 11.9 Å². The second-order valence-corrected chi connectivity index (χ2v) is 9.99. The molecule has 3 heterocycles. The maximum atomic E-state index is 12.8. The fourth-order valence-corrected chi connectivity index (χ4v) is 5.34. The fraction of sp³-hybridized carbons (Fsp3) is 0.692. The third-order valence-corrected chi connectivity index (χ3v) is 7.07. The Balaban J connectivity index is 1.26. The van der Waals surface area contributed by atoms with Crippen LogP contribution in [0.4, 0.5) is 4.79 Å². The first-order valence-corrected chi connectivity index (χ1v) is 13.0. The van der Waals surface area contributed by atoms with Gasteiger partial charge in [0.1, 0.15) is 6.10 Å². The van der Waals surface area contributed by atoms with Gasteiger partial charge in [-0.1, -0.05) is 37.3 Å². The maximum Gasteiger partial charge on any atom is 0.317 e. The van der Waals surface area contributed by atoms with Crippen molar-refractivity contribution in [3.8, 4) is 0 Å². The zero-order valence-corrected chi connectivity index (χ0v) is 20.7. The predicted octanol–water partition coefficient (Wildman–Crippen LogP) is 1.50. The summed E-state index contributed by atoms with van der Waals surface area (Å²) >= 11 is 0. The highest BCUT2D eigenvalue weighted by molar-refractivity contribution is 5.77. The van der Waals surface area contributed by atoms with Crippen LogP contribution >= 0.6 is 0 Å². The van der Waals surface area contributed by atoms with E-state index in [2.05, 4.69) is 39.8 Å². The highest BCUT2D eigenvalue weighted by atomic mass is 16.5. The molecule has 9 nitrogen and oxygen atoms in total. The van der Waals surface area contributed by atoms with Gasteiger partial charge in [0.15, 0.2) is 0 Å². The number of nitrogens with zero attached hydrogens (tertiary/aromatic N) is 2. The highest BCUT2D eigenvalue weighted by Gasteiger charge is 2.40. The summed E-state index contributed by atoms with van der Waals surface area (Å²) in [5.74, 6) is 0.0136. The lowest BCUT2D eigenvalue weighted by Crippen LogP contribution is -2.59. The van der Waals surface area contributed by atoms with Crippen molar-refractivity contribution in [2.24, 2.45) is 0 Å². The molecule has 0 spiro atoms. The van der Waals surface area contributed by atoms with Gasteiger partial charge in [0.2, 0.25) is 5.91 Å². The molecule has 3 fully saturated rings. The first-order valence-electron chi connectivity index (χ1n) is 13.0. The Kier molecular flexibility index (Phi) is 9.37. The van der Waals surface area contributed by atoms with E-state index >= 15 is 0 Å². The Labute approximate surface area is 208 Å². The molecule has 3 aliphatic heterocycles. The number of aliphatic hydroxyl groups is 1. The molecular weight excluding hydrogens is 448 g/mol. The van der Waals surface area contributed by atoms with E-state index in [1.165, 1.54) is 5.56 Å². The van der Waals surface area contributed by atoms with Crippen LogP contribution in [-0.4, -0.2) is 96.6 Å². The van der Waals surface area contributed by atoms with E-state index < -0.39 is 6.10 Å². The number of hydrogen-bond acceptors (Lipinski definition) is 6. The van der Waals surface area contributed by atoms with E-state index in [9.17, 15) is 14.7 Å². The zero-order chi connectivity index (χ0) is 24.6. The van der Waals surface area contributed by atoms with Crippen LogP contribution in [0.5, 0.6) is 0 Å². The summed E-state index contributed by atoms with van der Waals surface area (Å²) in [5.41, 5.74) is 1.29. The average Bonchev–Trinajstić information content (AvgIpc) is 3.27. The van der Waals surface area contributed by atoms with Crippen molar-refractivity contribution in [2.75, 3.05) is 39.4 Å². The summed E-state index contributed by atoms with van der Waals surface area (Å²) in [5, 5.41) is 16.3. The van der Waals surface area contributed by atoms with Gasteiger partial charge in [0.05, 0.1) is 44.4 Å². The Bertz CT molecular complexity index is 825. The molecule has 4 rings (SSSR count). The van der Waals surface area contributed by atoms with Crippen LogP contribution in [0, 0.1) is 0 Å². The summed E-state index contributed by atoms with van der Waals surface area (Å²) in [6, 6.07) is 10.2. The van der Waals surface area contributed by atoms with Gasteiger partial charge in [-0.25, -0.2) is 4.79 Å². The third kappa shape index (κ3) is 7.39. The predicted molar refractivity (Wildman–Crippen MR) is 132 cm³/mol. The molecule has 3 N–H and O–H groups in total. The minimum atomic E-state index is -0.723. The van der Waals surface area contributed by atoms with E-state index in [1.807, 2.05) is 13.0 Å². The molecule has 0 aliphatic carbocycles. The molecular formula is C26H40N4O5. The van der Waals surface area contributed by atoms with Gasteiger partial charge in [-0.15, -0.1) is 0 Å². The summed E-state index contributed by atoms with van der Waals surface area (Å²) in [4.78, 5) is 29.6. The van der Waals surface area contributed by atoms with E-state index in [4.69, 9.17) is 9.47 Å². The number of carbonyl (C=O) groups is 2. The van der Waals surface area contributed by atoms with Crippen LogP contribution in [0.25, 0.3) is 0 Å². The van der Waals surface area contributed by atoms with E-state index in [0.29, 0.717) is 32.4 Å². The monoisotopic (exact) mass is 488 g/mol. The van der Waals surface area contributed by atoms with Crippen molar-refractivity contribution in [2.45, 2.75) is 76.0 Å². The van der Waals surface area contributed by atoms with E-state index in [0.717, 1.165) is 32.5 Å². The molecule has 3 aliphatic rings. The van der Waals surface area contributed by atoms with Crippen LogP contribution in [0.2, 0.25) is 0 Å². The lowest BCUT2D eigenvalue weighted by molar-refractivity contribution is -0.150. The van der Waals surface area contributed by atoms with Gasteiger partial charge >= 0.3 is 6.03 Å². The number of β-amino-alcohol motifs (C(OH)–C–C–N with tert-alkyl or cyclic N) is 1. The molecule has 0 radical (unpaired) electrons. The molecule has 0 unspecified atom stereocenters. The molecule has 0 aromatic heterocycles. The van der Waals surface area contributed by atoms with Crippen molar-refractivity contribution < 1.29 is 24.2 Å². The largest absolute Gasteiger partial charge is 0.389 e. The molecule has 1 aromatic carbocycles. The van der Waals surface area contributed by atoms with Gasteiger partial charge in [-0.2, -0.15) is 0 Å². The first kappa shape index (κ1) is 25.9. The normalized spacial score (nSPS) is 29.7. The molecule has 0 saturated carbocycles.